The molecule has 0 bridgehead atoms. The standard InChI is InChI=1S/C7H11ClO5/c1-3(9)12-7-6(11)5(10)4(2-8)13-7/h4-7,10-11H,2H2,1H3/t4-,5-,6-,7?/m0/s1. The Kier molecular flexibility index (Phi) is 3.49. The summed E-state index contributed by atoms with van der Waals surface area (Å²) in [7, 11) is 0. The van der Waals surface area contributed by atoms with Crippen LogP contribution in [0, 0.1) is 0 Å². The Morgan fingerprint density at radius 3 is 2.54 bits per heavy atom. The molecule has 0 aromatic heterocycles. The first-order chi connectivity index (χ1) is 6.06. The third-order valence-electron chi connectivity index (χ3n) is 1.75. The summed E-state index contributed by atoms with van der Waals surface area (Å²) < 4.78 is 9.57. The van der Waals surface area contributed by atoms with E-state index in [1.807, 2.05) is 0 Å². The molecular weight excluding hydrogens is 200 g/mol. The maximum atomic E-state index is 10.5. The van der Waals surface area contributed by atoms with Crippen molar-refractivity contribution in [3.63, 3.8) is 0 Å². The van der Waals surface area contributed by atoms with Crippen LogP contribution in [0.25, 0.3) is 0 Å². The van der Waals surface area contributed by atoms with Crippen LogP contribution in [0.5, 0.6) is 0 Å². The number of carbonyl (C=O) groups excluding carboxylic acids is 1. The van der Waals surface area contributed by atoms with Gasteiger partial charge in [0.05, 0.1) is 5.88 Å². The molecule has 0 amide bonds. The predicted octanol–water partition coefficient (Wildman–Crippen LogP) is -0.765. The van der Waals surface area contributed by atoms with Crippen molar-refractivity contribution in [2.24, 2.45) is 0 Å². The molecule has 4 atom stereocenters. The zero-order valence-electron chi connectivity index (χ0n) is 7.01. The van der Waals surface area contributed by atoms with Crippen LogP contribution >= 0.6 is 11.6 Å². The molecule has 1 aliphatic heterocycles. The summed E-state index contributed by atoms with van der Waals surface area (Å²) >= 11 is 5.43. The molecule has 0 radical (unpaired) electrons. The van der Waals surface area contributed by atoms with Gasteiger partial charge >= 0.3 is 5.97 Å². The molecule has 1 unspecified atom stereocenters. The van der Waals surface area contributed by atoms with E-state index < -0.39 is 30.6 Å². The van der Waals surface area contributed by atoms with Crippen LogP contribution in [-0.2, 0) is 14.3 Å². The van der Waals surface area contributed by atoms with Crippen molar-refractivity contribution in [1.29, 1.82) is 0 Å². The molecule has 1 heterocycles. The van der Waals surface area contributed by atoms with Gasteiger partial charge in [-0.2, -0.15) is 0 Å². The second-order valence-corrected chi connectivity index (χ2v) is 3.10. The van der Waals surface area contributed by atoms with E-state index in [1.165, 1.54) is 6.92 Å². The molecule has 0 aliphatic carbocycles. The van der Waals surface area contributed by atoms with Gasteiger partial charge < -0.3 is 19.7 Å². The van der Waals surface area contributed by atoms with Crippen molar-refractivity contribution >= 4 is 17.6 Å². The van der Waals surface area contributed by atoms with Crippen molar-refractivity contribution in [3.05, 3.63) is 0 Å². The van der Waals surface area contributed by atoms with Gasteiger partial charge in [0.15, 0.2) is 0 Å². The van der Waals surface area contributed by atoms with E-state index in [9.17, 15) is 15.0 Å². The molecule has 2 N–H and O–H groups in total. The molecule has 0 aromatic carbocycles. The first-order valence-electron chi connectivity index (χ1n) is 3.81. The highest BCUT2D eigenvalue weighted by Crippen LogP contribution is 2.22. The van der Waals surface area contributed by atoms with Crippen LogP contribution < -0.4 is 0 Å². The van der Waals surface area contributed by atoms with Crippen molar-refractivity contribution in [1.82, 2.24) is 0 Å². The van der Waals surface area contributed by atoms with Gasteiger partial charge in [0, 0.05) is 6.92 Å². The summed E-state index contributed by atoms with van der Waals surface area (Å²) in [6.45, 7) is 1.19. The van der Waals surface area contributed by atoms with Crippen molar-refractivity contribution < 1.29 is 24.5 Å². The molecule has 0 saturated carbocycles. The Labute approximate surface area is 80.2 Å². The van der Waals surface area contributed by atoms with E-state index >= 15 is 0 Å². The van der Waals surface area contributed by atoms with E-state index in [1.54, 1.807) is 0 Å². The zero-order chi connectivity index (χ0) is 10.0. The Morgan fingerprint density at radius 2 is 2.15 bits per heavy atom. The summed E-state index contributed by atoms with van der Waals surface area (Å²) in [5.41, 5.74) is 0. The first kappa shape index (κ1) is 10.7. The molecule has 1 aliphatic rings. The van der Waals surface area contributed by atoms with Crippen LogP contribution in [0.4, 0.5) is 0 Å². The van der Waals surface area contributed by atoms with Gasteiger partial charge in [-0.1, -0.05) is 0 Å². The molecule has 0 aromatic rings. The van der Waals surface area contributed by atoms with E-state index in [2.05, 4.69) is 4.74 Å². The molecule has 1 saturated heterocycles. The van der Waals surface area contributed by atoms with Gasteiger partial charge in [-0.25, -0.2) is 0 Å². The Bertz CT molecular complexity index is 197. The number of rotatable bonds is 2. The highest BCUT2D eigenvalue weighted by molar-refractivity contribution is 6.18. The largest absolute Gasteiger partial charge is 0.433 e. The number of aliphatic hydroxyl groups is 2. The number of alkyl halides is 1. The minimum atomic E-state index is -1.23. The SMILES string of the molecule is CC(=O)OC1O[C@@H](CCl)[C@H](O)[C@@H]1O. The van der Waals surface area contributed by atoms with Crippen molar-refractivity contribution in [2.45, 2.75) is 31.5 Å². The number of ether oxygens (including phenoxy) is 2. The van der Waals surface area contributed by atoms with Crippen LogP contribution in [0.2, 0.25) is 0 Å². The van der Waals surface area contributed by atoms with Crippen molar-refractivity contribution in [3.8, 4) is 0 Å². The van der Waals surface area contributed by atoms with Gasteiger partial charge in [-0.05, 0) is 0 Å². The highest BCUT2D eigenvalue weighted by atomic mass is 35.5. The van der Waals surface area contributed by atoms with Crippen LogP contribution in [0.1, 0.15) is 6.92 Å². The normalized spacial score (nSPS) is 39.1. The van der Waals surface area contributed by atoms with Gasteiger partial charge in [-0.3, -0.25) is 4.79 Å². The average Bonchev–Trinajstić information content (AvgIpc) is 2.32. The van der Waals surface area contributed by atoms with Gasteiger partial charge in [0.25, 0.3) is 0 Å². The first-order valence-corrected chi connectivity index (χ1v) is 4.34. The summed E-state index contributed by atoms with van der Waals surface area (Å²) in [6, 6.07) is 0. The second-order valence-electron chi connectivity index (χ2n) is 2.79. The lowest BCUT2D eigenvalue weighted by atomic mass is 10.2. The number of halogens is 1. The molecule has 76 valence electrons. The maximum Gasteiger partial charge on any atom is 0.305 e. The third-order valence-corrected chi connectivity index (χ3v) is 2.06. The summed E-state index contributed by atoms with van der Waals surface area (Å²) in [4.78, 5) is 10.5. The van der Waals surface area contributed by atoms with E-state index in [4.69, 9.17) is 16.3 Å². The predicted molar refractivity (Wildman–Crippen MR) is 43.2 cm³/mol. The van der Waals surface area contributed by atoms with Crippen molar-refractivity contribution in [2.75, 3.05) is 5.88 Å². The Hall–Kier alpha value is -0.360. The van der Waals surface area contributed by atoms with Gasteiger partial charge in [0.1, 0.15) is 18.3 Å². The fraction of sp³-hybridized carbons (Fsp3) is 0.857. The van der Waals surface area contributed by atoms with Crippen LogP contribution in [0.3, 0.4) is 0 Å². The molecule has 0 spiro atoms. The third kappa shape index (κ3) is 2.31. The topological polar surface area (TPSA) is 76.0 Å². The minimum Gasteiger partial charge on any atom is -0.433 e. The number of hydrogen-bond acceptors (Lipinski definition) is 5. The minimum absolute atomic E-state index is 0.0377. The highest BCUT2D eigenvalue weighted by Gasteiger charge is 2.44. The molecule has 6 heteroatoms. The quantitative estimate of drug-likeness (QED) is 0.463. The number of carbonyl (C=O) groups is 1. The van der Waals surface area contributed by atoms with E-state index in [-0.39, 0.29) is 5.88 Å². The maximum absolute atomic E-state index is 10.5. The van der Waals surface area contributed by atoms with Gasteiger partial charge in [0.2, 0.25) is 6.29 Å². The van der Waals surface area contributed by atoms with E-state index in [0.717, 1.165) is 0 Å². The number of hydrogen-bond donors (Lipinski definition) is 2. The smallest absolute Gasteiger partial charge is 0.305 e. The lowest BCUT2D eigenvalue weighted by Crippen LogP contribution is -2.34. The molecule has 1 rings (SSSR count). The number of esters is 1. The van der Waals surface area contributed by atoms with E-state index in [0.29, 0.717) is 0 Å². The van der Waals surface area contributed by atoms with Crippen LogP contribution in [0.15, 0.2) is 0 Å². The lowest BCUT2D eigenvalue weighted by Gasteiger charge is -2.13. The number of aliphatic hydroxyl groups excluding tert-OH is 2. The Balaban J connectivity index is 2.55. The zero-order valence-corrected chi connectivity index (χ0v) is 7.77. The van der Waals surface area contributed by atoms with Gasteiger partial charge in [-0.15, -0.1) is 11.6 Å². The molecule has 1 fully saturated rings. The lowest BCUT2D eigenvalue weighted by molar-refractivity contribution is -0.184. The summed E-state index contributed by atoms with van der Waals surface area (Å²) in [5.74, 6) is -0.540. The summed E-state index contributed by atoms with van der Waals surface area (Å²) in [5, 5.41) is 18.6. The molecular formula is C7H11ClO5. The Morgan fingerprint density at radius 1 is 1.54 bits per heavy atom. The average molecular weight is 211 g/mol. The fourth-order valence-corrected chi connectivity index (χ4v) is 1.36. The monoisotopic (exact) mass is 210 g/mol. The second kappa shape index (κ2) is 4.23. The molecule has 5 nitrogen and oxygen atoms in total. The summed E-state index contributed by atoms with van der Waals surface area (Å²) in [6.07, 6.45) is -4.15. The van der Waals surface area contributed by atoms with Crippen LogP contribution in [-0.4, -0.2) is 46.7 Å². The fourth-order valence-electron chi connectivity index (χ4n) is 1.10. The molecule has 13 heavy (non-hydrogen) atoms.